The van der Waals surface area contributed by atoms with E-state index in [1.54, 1.807) is 6.26 Å². The molecule has 1 amide bonds. The molecule has 0 spiro atoms. The molecule has 130 valence electrons. The summed E-state index contributed by atoms with van der Waals surface area (Å²) in [5.74, 6) is 0.736. The predicted molar refractivity (Wildman–Crippen MR) is 95.3 cm³/mol. The fraction of sp³-hybridized carbons (Fsp3) is 0.368. The highest BCUT2D eigenvalue weighted by molar-refractivity contribution is 6.04. The Kier molecular flexibility index (Phi) is 4.52. The van der Waals surface area contributed by atoms with Crippen LogP contribution in [0.15, 0.2) is 47.1 Å². The average molecular weight is 338 g/mol. The molecule has 3 heterocycles. The summed E-state index contributed by atoms with van der Waals surface area (Å²) in [6, 6.07) is 11.6. The van der Waals surface area contributed by atoms with Crippen LogP contribution >= 0.6 is 0 Å². The van der Waals surface area contributed by atoms with Crippen molar-refractivity contribution in [3.05, 3.63) is 54.1 Å². The van der Waals surface area contributed by atoms with Gasteiger partial charge in [0.2, 0.25) is 0 Å². The molecule has 3 aromatic rings. The van der Waals surface area contributed by atoms with Crippen molar-refractivity contribution in [2.24, 2.45) is 0 Å². The molecule has 1 atom stereocenters. The van der Waals surface area contributed by atoms with Crippen LogP contribution < -0.4 is 5.32 Å². The molecule has 1 aliphatic rings. The van der Waals surface area contributed by atoms with E-state index >= 15 is 0 Å². The Morgan fingerprint density at radius 1 is 1.20 bits per heavy atom. The van der Waals surface area contributed by atoms with E-state index in [-0.39, 0.29) is 11.9 Å². The van der Waals surface area contributed by atoms with Crippen molar-refractivity contribution in [2.45, 2.75) is 25.3 Å². The van der Waals surface area contributed by atoms with Crippen molar-refractivity contribution in [1.82, 2.24) is 20.4 Å². The predicted octanol–water partition coefficient (Wildman–Crippen LogP) is 3.11. The number of aromatic amines is 1. The maximum absolute atomic E-state index is 12.6. The van der Waals surface area contributed by atoms with Crippen LogP contribution in [0.25, 0.3) is 10.9 Å². The molecule has 6 nitrogen and oxygen atoms in total. The first-order valence-electron chi connectivity index (χ1n) is 8.81. The fourth-order valence-corrected chi connectivity index (χ4v) is 3.53. The quantitative estimate of drug-likeness (QED) is 0.750. The van der Waals surface area contributed by atoms with Gasteiger partial charge in [0.25, 0.3) is 5.91 Å². The van der Waals surface area contributed by atoms with Gasteiger partial charge < -0.3 is 9.73 Å². The summed E-state index contributed by atoms with van der Waals surface area (Å²) >= 11 is 0. The zero-order valence-corrected chi connectivity index (χ0v) is 14.1. The molecular weight excluding hydrogens is 316 g/mol. The second-order valence-corrected chi connectivity index (χ2v) is 6.46. The zero-order valence-electron chi connectivity index (χ0n) is 14.1. The maximum Gasteiger partial charge on any atom is 0.272 e. The van der Waals surface area contributed by atoms with Gasteiger partial charge in [-0.05, 0) is 44.1 Å². The molecule has 6 heteroatoms. The normalized spacial score (nSPS) is 16.8. The van der Waals surface area contributed by atoms with E-state index in [1.807, 2.05) is 36.4 Å². The van der Waals surface area contributed by atoms with Gasteiger partial charge in [0.15, 0.2) is 5.69 Å². The fourth-order valence-electron chi connectivity index (χ4n) is 3.53. The van der Waals surface area contributed by atoms with E-state index < -0.39 is 0 Å². The number of carbonyl (C=O) groups excluding carboxylic acids is 1. The SMILES string of the molecule is O=C(NC[C@H](c1ccco1)N1CCCCC1)c1n[nH]c2ccccc12. The van der Waals surface area contributed by atoms with Crippen LogP contribution in [-0.2, 0) is 0 Å². The third-order valence-corrected chi connectivity index (χ3v) is 4.84. The number of nitrogens with one attached hydrogen (secondary N) is 2. The van der Waals surface area contributed by atoms with Crippen molar-refractivity contribution < 1.29 is 9.21 Å². The smallest absolute Gasteiger partial charge is 0.272 e. The summed E-state index contributed by atoms with van der Waals surface area (Å²) in [6.45, 7) is 2.58. The molecule has 1 saturated heterocycles. The number of piperidine rings is 1. The molecule has 2 N–H and O–H groups in total. The highest BCUT2D eigenvalue weighted by Crippen LogP contribution is 2.24. The second-order valence-electron chi connectivity index (χ2n) is 6.46. The van der Waals surface area contributed by atoms with E-state index in [0.717, 1.165) is 29.8 Å². The molecule has 1 aliphatic heterocycles. The molecule has 2 aromatic heterocycles. The summed E-state index contributed by atoms with van der Waals surface area (Å²) in [6.07, 6.45) is 5.34. The van der Waals surface area contributed by atoms with Crippen molar-refractivity contribution in [3.8, 4) is 0 Å². The van der Waals surface area contributed by atoms with Gasteiger partial charge in [0.05, 0.1) is 17.8 Å². The summed E-state index contributed by atoms with van der Waals surface area (Å²) in [5, 5.41) is 11.0. The molecule has 0 bridgehead atoms. The number of rotatable bonds is 5. The maximum atomic E-state index is 12.6. The minimum Gasteiger partial charge on any atom is -0.468 e. The van der Waals surface area contributed by atoms with Gasteiger partial charge in [-0.3, -0.25) is 14.8 Å². The third kappa shape index (κ3) is 3.30. The minimum atomic E-state index is -0.161. The highest BCUT2D eigenvalue weighted by atomic mass is 16.3. The first-order chi connectivity index (χ1) is 12.3. The third-order valence-electron chi connectivity index (χ3n) is 4.84. The minimum absolute atomic E-state index is 0.0597. The van der Waals surface area contributed by atoms with Crippen LogP contribution in [0, 0.1) is 0 Å². The van der Waals surface area contributed by atoms with Gasteiger partial charge in [-0.2, -0.15) is 5.10 Å². The van der Waals surface area contributed by atoms with Crippen LogP contribution in [0.3, 0.4) is 0 Å². The zero-order chi connectivity index (χ0) is 17.1. The number of likely N-dealkylation sites (tertiary alicyclic amines) is 1. The van der Waals surface area contributed by atoms with Crippen LogP contribution in [0.2, 0.25) is 0 Å². The highest BCUT2D eigenvalue weighted by Gasteiger charge is 2.25. The number of furan rings is 1. The van der Waals surface area contributed by atoms with Crippen LogP contribution in [-0.4, -0.2) is 40.6 Å². The molecule has 0 unspecified atom stereocenters. The van der Waals surface area contributed by atoms with E-state index in [4.69, 9.17) is 4.42 Å². The van der Waals surface area contributed by atoms with Crippen molar-refractivity contribution in [3.63, 3.8) is 0 Å². The molecule has 0 radical (unpaired) electrons. The number of H-pyrrole nitrogens is 1. The molecular formula is C19H22N4O2. The van der Waals surface area contributed by atoms with Crippen LogP contribution in [0.1, 0.15) is 41.6 Å². The second kappa shape index (κ2) is 7.11. The van der Waals surface area contributed by atoms with Gasteiger partial charge in [0, 0.05) is 11.9 Å². The average Bonchev–Trinajstić information content (AvgIpc) is 3.32. The number of carbonyl (C=O) groups is 1. The first kappa shape index (κ1) is 15.9. The summed E-state index contributed by atoms with van der Waals surface area (Å²) in [5.41, 5.74) is 1.30. The van der Waals surface area contributed by atoms with Gasteiger partial charge >= 0.3 is 0 Å². The topological polar surface area (TPSA) is 74.2 Å². The van der Waals surface area contributed by atoms with Crippen LogP contribution in [0.4, 0.5) is 0 Å². The number of hydrogen-bond donors (Lipinski definition) is 2. The number of para-hydroxylation sites is 1. The molecule has 0 aliphatic carbocycles. The Labute approximate surface area is 146 Å². The number of aromatic nitrogens is 2. The first-order valence-corrected chi connectivity index (χ1v) is 8.81. The number of benzene rings is 1. The summed E-state index contributed by atoms with van der Waals surface area (Å²) in [7, 11) is 0. The van der Waals surface area contributed by atoms with E-state index in [2.05, 4.69) is 20.4 Å². The summed E-state index contributed by atoms with van der Waals surface area (Å²) < 4.78 is 5.63. The molecule has 1 fully saturated rings. The number of fused-ring (bicyclic) bond motifs is 1. The Morgan fingerprint density at radius 3 is 2.84 bits per heavy atom. The van der Waals surface area contributed by atoms with Crippen molar-refractivity contribution >= 4 is 16.8 Å². The van der Waals surface area contributed by atoms with E-state index in [9.17, 15) is 4.79 Å². The van der Waals surface area contributed by atoms with Crippen LogP contribution in [0.5, 0.6) is 0 Å². The molecule has 1 aromatic carbocycles. The van der Waals surface area contributed by atoms with Gasteiger partial charge in [-0.1, -0.05) is 24.6 Å². The standard InChI is InChI=1S/C19H22N4O2/c24-19(18-14-7-2-3-8-15(14)21-22-18)20-13-16(17-9-6-12-25-17)23-10-4-1-5-11-23/h2-3,6-9,12,16H,1,4-5,10-11,13H2,(H,20,24)(H,21,22)/t16-/m1/s1. The lowest BCUT2D eigenvalue weighted by Crippen LogP contribution is -2.40. The molecule has 4 rings (SSSR count). The largest absolute Gasteiger partial charge is 0.468 e. The Morgan fingerprint density at radius 2 is 2.04 bits per heavy atom. The lowest BCUT2D eigenvalue weighted by molar-refractivity contribution is 0.0911. The Hall–Kier alpha value is -2.60. The van der Waals surface area contributed by atoms with Gasteiger partial charge in [0.1, 0.15) is 5.76 Å². The summed E-state index contributed by atoms with van der Waals surface area (Å²) in [4.78, 5) is 15.0. The van der Waals surface area contributed by atoms with Crippen molar-refractivity contribution in [1.29, 1.82) is 0 Å². The van der Waals surface area contributed by atoms with Crippen molar-refractivity contribution in [2.75, 3.05) is 19.6 Å². The number of amides is 1. The lowest BCUT2D eigenvalue weighted by Gasteiger charge is -2.33. The number of nitrogens with zero attached hydrogens (tertiary/aromatic N) is 2. The molecule has 0 saturated carbocycles. The van der Waals surface area contributed by atoms with E-state index in [0.29, 0.717) is 12.2 Å². The van der Waals surface area contributed by atoms with E-state index in [1.165, 1.54) is 19.3 Å². The Balaban J connectivity index is 1.49. The van der Waals surface area contributed by atoms with Gasteiger partial charge in [-0.25, -0.2) is 0 Å². The monoisotopic (exact) mass is 338 g/mol. The Bertz CT molecular complexity index is 834. The molecule has 25 heavy (non-hydrogen) atoms. The number of hydrogen-bond acceptors (Lipinski definition) is 4. The van der Waals surface area contributed by atoms with Gasteiger partial charge in [-0.15, -0.1) is 0 Å². The lowest BCUT2D eigenvalue weighted by atomic mass is 10.1.